The van der Waals surface area contributed by atoms with Crippen LogP contribution in [0.4, 0.5) is 4.39 Å². The molecule has 2 aromatic carbocycles. The van der Waals surface area contributed by atoms with Gasteiger partial charge in [-0.3, -0.25) is 14.5 Å². The molecule has 8 nitrogen and oxygen atoms in total. The van der Waals surface area contributed by atoms with E-state index < -0.39 is 6.04 Å². The second-order valence-electron chi connectivity index (χ2n) is 10.1. The van der Waals surface area contributed by atoms with E-state index in [1.807, 2.05) is 24.3 Å². The van der Waals surface area contributed by atoms with Crippen LogP contribution in [0.5, 0.6) is 5.75 Å². The van der Waals surface area contributed by atoms with E-state index in [2.05, 4.69) is 4.90 Å². The number of carbonyl (C=O) groups is 2. The van der Waals surface area contributed by atoms with Crippen molar-refractivity contribution < 1.29 is 23.5 Å². The Morgan fingerprint density at radius 3 is 2.53 bits per heavy atom. The molecule has 2 amide bonds. The summed E-state index contributed by atoms with van der Waals surface area (Å²) in [6, 6.07) is 13.3. The van der Waals surface area contributed by atoms with Gasteiger partial charge in [0, 0.05) is 44.1 Å². The number of hydrazone groups is 1. The van der Waals surface area contributed by atoms with Gasteiger partial charge in [0.05, 0.1) is 32.1 Å². The molecule has 2 aromatic rings. The fourth-order valence-electron chi connectivity index (χ4n) is 5.24. The molecule has 1 unspecified atom stereocenters. The Labute approximate surface area is 223 Å². The van der Waals surface area contributed by atoms with Gasteiger partial charge in [-0.05, 0) is 36.6 Å². The number of methoxy groups -OCH3 is 1. The van der Waals surface area contributed by atoms with E-state index in [-0.39, 0.29) is 30.1 Å². The topological polar surface area (TPSA) is 74.7 Å². The average molecular weight is 523 g/mol. The monoisotopic (exact) mass is 522 g/mol. The molecule has 38 heavy (non-hydrogen) atoms. The van der Waals surface area contributed by atoms with Crippen molar-refractivity contribution in [2.24, 2.45) is 11.0 Å². The third-order valence-electron chi connectivity index (χ3n) is 7.72. The summed E-state index contributed by atoms with van der Waals surface area (Å²) in [6.45, 7) is 4.18. The molecular weight excluding hydrogens is 487 g/mol. The number of hydrogen-bond donors (Lipinski definition) is 0. The third kappa shape index (κ3) is 5.89. The van der Waals surface area contributed by atoms with Gasteiger partial charge in [0.15, 0.2) is 0 Å². The lowest BCUT2D eigenvalue weighted by atomic mass is 9.84. The van der Waals surface area contributed by atoms with E-state index in [0.717, 1.165) is 43.5 Å². The first-order valence-corrected chi connectivity index (χ1v) is 13.4. The van der Waals surface area contributed by atoms with Crippen molar-refractivity contribution in [2.75, 3.05) is 53.0 Å². The summed E-state index contributed by atoms with van der Waals surface area (Å²) in [5.74, 6) is 0.142. The molecule has 5 rings (SSSR count). The van der Waals surface area contributed by atoms with Crippen molar-refractivity contribution in [3.05, 3.63) is 65.5 Å². The number of halogens is 1. The van der Waals surface area contributed by atoms with E-state index in [0.29, 0.717) is 44.2 Å². The molecule has 202 valence electrons. The number of benzene rings is 2. The number of morpholine rings is 1. The van der Waals surface area contributed by atoms with E-state index in [9.17, 15) is 14.0 Å². The zero-order valence-corrected chi connectivity index (χ0v) is 21.9. The summed E-state index contributed by atoms with van der Waals surface area (Å²) >= 11 is 0. The van der Waals surface area contributed by atoms with Gasteiger partial charge in [-0.1, -0.05) is 36.8 Å². The minimum atomic E-state index is -0.390. The fraction of sp³-hybridized carbons (Fsp3) is 0.483. The van der Waals surface area contributed by atoms with E-state index in [1.54, 1.807) is 24.1 Å². The molecule has 1 aliphatic carbocycles. The summed E-state index contributed by atoms with van der Waals surface area (Å²) in [5, 5.41) is 6.21. The molecule has 1 saturated carbocycles. The van der Waals surface area contributed by atoms with Crippen LogP contribution in [-0.2, 0) is 14.3 Å². The summed E-state index contributed by atoms with van der Waals surface area (Å²) in [7, 11) is 1.60. The van der Waals surface area contributed by atoms with Crippen LogP contribution < -0.4 is 4.74 Å². The van der Waals surface area contributed by atoms with Gasteiger partial charge in [-0.15, -0.1) is 0 Å². The standard InChI is InChI=1S/C29H35FN4O4/c1-37-27-8-3-2-7-24(27)26-19-25(21-9-11-23(30)12-10-21)31-34(26)28(35)20-33(29(36)22-5-4-6-22)14-13-32-15-17-38-18-16-32/h2-3,7-12,22,26H,4-6,13-20H2,1H3. The number of nitrogens with zero attached hydrogens (tertiary/aromatic N) is 4. The van der Waals surface area contributed by atoms with Crippen molar-refractivity contribution in [3.8, 4) is 5.75 Å². The lowest BCUT2D eigenvalue weighted by Gasteiger charge is -2.34. The minimum Gasteiger partial charge on any atom is -0.496 e. The summed E-state index contributed by atoms with van der Waals surface area (Å²) in [5.41, 5.74) is 2.30. The molecule has 2 heterocycles. The molecule has 9 heteroatoms. The maximum absolute atomic E-state index is 13.8. The maximum Gasteiger partial charge on any atom is 0.262 e. The fourth-order valence-corrected chi connectivity index (χ4v) is 5.24. The van der Waals surface area contributed by atoms with Crippen LogP contribution in [0.1, 0.15) is 42.9 Å². The molecule has 0 aromatic heterocycles. The van der Waals surface area contributed by atoms with Crippen LogP contribution in [0, 0.1) is 11.7 Å². The first-order valence-electron chi connectivity index (χ1n) is 13.4. The lowest BCUT2D eigenvalue weighted by molar-refractivity contribution is -0.145. The molecule has 2 aliphatic heterocycles. The molecule has 3 aliphatic rings. The molecule has 0 N–H and O–H groups in total. The quantitative estimate of drug-likeness (QED) is 0.504. The molecule has 0 spiro atoms. The summed E-state index contributed by atoms with van der Waals surface area (Å²) < 4.78 is 24.6. The largest absolute Gasteiger partial charge is 0.496 e. The summed E-state index contributed by atoms with van der Waals surface area (Å²) in [6.07, 6.45) is 3.26. The zero-order chi connectivity index (χ0) is 26.5. The highest BCUT2D eigenvalue weighted by Crippen LogP contribution is 2.37. The van der Waals surface area contributed by atoms with Gasteiger partial charge < -0.3 is 14.4 Å². The summed E-state index contributed by atoms with van der Waals surface area (Å²) in [4.78, 5) is 31.2. The highest BCUT2D eigenvalue weighted by atomic mass is 19.1. The van der Waals surface area contributed by atoms with Crippen LogP contribution in [0.2, 0.25) is 0 Å². The van der Waals surface area contributed by atoms with Crippen molar-refractivity contribution >= 4 is 17.5 Å². The van der Waals surface area contributed by atoms with Crippen LogP contribution in [0.15, 0.2) is 53.6 Å². The van der Waals surface area contributed by atoms with E-state index in [4.69, 9.17) is 14.6 Å². The second-order valence-corrected chi connectivity index (χ2v) is 10.1. The van der Waals surface area contributed by atoms with Crippen molar-refractivity contribution in [1.82, 2.24) is 14.8 Å². The van der Waals surface area contributed by atoms with Crippen molar-refractivity contribution in [1.29, 1.82) is 0 Å². The number of para-hydroxylation sites is 1. The van der Waals surface area contributed by atoms with Gasteiger partial charge in [0.25, 0.3) is 5.91 Å². The van der Waals surface area contributed by atoms with Gasteiger partial charge in [-0.25, -0.2) is 9.40 Å². The van der Waals surface area contributed by atoms with Crippen LogP contribution in [0.25, 0.3) is 0 Å². The van der Waals surface area contributed by atoms with Crippen LogP contribution in [-0.4, -0.2) is 85.4 Å². The highest BCUT2D eigenvalue weighted by Gasteiger charge is 2.37. The van der Waals surface area contributed by atoms with E-state index in [1.165, 1.54) is 17.1 Å². The number of hydrogen-bond acceptors (Lipinski definition) is 6. The van der Waals surface area contributed by atoms with Crippen LogP contribution >= 0.6 is 0 Å². The number of ether oxygens (including phenoxy) is 2. The first-order chi connectivity index (χ1) is 18.5. The molecular formula is C29H35FN4O4. The van der Waals surface area contributed by atoms with Crippen LogP contribution in [0.3, 0.4) is 0 Å². The molecule has 0 bridgehead atoms. The SMILES string of the molecule is COc1ccccc1C1CC(c2ccc(F)cc2)=NN1C(=O)CN(CCN1CCOCC1)C(=O)C1CCC1. The zero-order valence-electron chi connectivity index (χ0n) is 21.9. The molecule has 1 saturated heterocycles. The van der Waals surface area contributed by atoms with Crippen molar-refractivity contribution in [3.63, 3.8) is 0 Å². The molecule has 1 atom stereocenters. The number of amides is 2. The highest BCUT2D eigenvalue weighted by molar-refractivity contribution is 6.03. The van der Waals surface area contributed by atoms with Gasteiger partial charge in [0.1, 0.15) is 18.1 Å². The first kappa shape index (κ1) is 26.3. The number of rotatable bonds is 9. The Morgan fingerprint density at radius 2 is 1.84 bits per heavy atom. The minimum absolute atomic E-state index is 0.00522. The van der Waals surface area contributed by atoms with Gasteiger partial charge >= 0.3 is 0 Å². The second kappa shape index (κ2) is 12.0. The maximum atomic E-state index is 13.8. The Kier molecular flexibility index (Phi) is 8.34. The van der Waals surface area contributed by atoms with Gasteiger partial charge in [0.2, 0.25) is 5.91 Å². The van der Waals surface area contributed by atoms with Crippen molar-refractivity contribution in [2.45, 2.75) is 31.7 Å². The Hall–Kier alpha value is -3.30. The third-order valence-corrected chi connectivity index (χ3v) is 7.72. The predicted octanol–water partition coefficient (Wildman–Crippen LogP) is 3.47. The van der Waals surface area contributed by atoms with Gasteiger partial charge in [-0.2, -0.15) is 5.10 Å². The number of carbonyl (C=O) groups excluding carboxylic acids is 2. The Morgan fingerprint density at radius 1 is 1.11 bits per heavy atom. The predicted molar refractivity (Wildman–Crippen MR) is 141 cm³/mol. The Balaban J connectivity index is 1.39. The lowest BCUT2D eigenvalue weighted by Crippen LogP contribution is -2.49. The normalized spacial score (nSPS) is 20.1. The smallest absolute Gasteiger partial charge is 0.262 e. The van der Waals surface area contributed by atoms with E-state index >= 15 is 0 Å². The average Bonchev–Trinajstić information content (AvgIpc) is 3.36. The molecule has 2 fully saturated rings. The molecule has 0 radical (unpaired) electrons. The Bertz CT molecular complexity index is 1160.